The minimum Gasteiger partial charge on any atom is -0.365 e. The largest absolute Gasteiger partial charge is 0.365 e. The van der Waals surface area contributed by atoms with Crippen LogP contribution in [0.1, 0.15) is 15.2 Å². The van der Waals surface area contributed by atoms with E-state index in [-0.39, 0.29) is 0 Å². The quantitative estimate of drug-likeness (QED) is 0.646. The summed E-state index contributed by atoms with van der Waals surface area (Å²) >= 11 is 13.5. The van der Waals surface area contributed by atoms with Crippen LogP contribution in [-0.4, -0.2) is 15.9 Å². The maximum absolute atomic E-state index is 11.8. The molecule has 3 N–H and O–H groups in total. The molecule has 0 spiro atoms. The van der Waals surface area contributed by atoms with Crippen molar-refractivity contribution in [3.63, 3.8) is 0 Å². The van der Waals surface area contributed by atoms with Crippen LogP contribution < -0.4 is 11.1 Å². The molecule has 0 aliphatic carbocycles. The van der Waals surface area contributed by atoms with E-state index >= 15 is 0 Å². The number of amides is 1. The van der Waals surface area contributed by atoms with Crippen LogP contribution >= 0.6 is 34.5 Å². The summed E-state index contributed by atoms with van der Waals surface area (Å²) in [7, 11) is 0. The van der Waals surface area contributed by atoms with E-state index in [2.05, 4.69) is 15.3 Å². The lowest BCUT2D eigenvalue weighted by molar-refractivity contribution is 0.100. The predicted molar refractivity (Wildman–Crippen MR) is 98.3 cm³/mol. The van der Waals surface area contributed by atoms with Gasteiger partial charge in [0.05, 0.1) is 16.4 Å². The van der Waals surface area contributed by atoms with Gasteiger partial charge in [-0.15, -0.1) is 0 Å². The summed E-state index contributed by atoms with van der Waals surface area (Å²) in [6.45, 7) is 1.90. The molecule has 0 aliphatic heterocycles. The number of primary amides is 1. The summed E-state index contributed by atoms with van der Waals surface area (Å²) < 4.78 is 0. The van der Waals surface area contributed by atoms with Crippen molar-refractivity contribution in [2.24, 2.45) is 5.73 Å². The molecule has 0 aliphatic rings. The fourth-order valence-corrected chi connectivity index (χ4v) is 3.55. The third-order valence-electron chi connectivity index (χ3n) is 3.31. The third-order valence-corrected chi connectivity index (χ3v) is 4.91. The van der Waals surface area contributed by atoms with Crippen LogP contribution in [0.2, 0.25) is 10.2 Å². The maximum atomic E-state index is 11.8. The van der Waals surface area contributed by atoms with Crippen LogP contribution in [0.25, 0.3) is 11.3 Å². The Bertz CT molecular complexity index is 906. The van der Waals surface area contributed by atoms with Gasteiger partial charge in [-0.25, -0.2) is 9.97 Å². The number of carbonyl (C=O) groups is 1. The summed E-state index contributed by atoms with van der Waals surface area (Å²) in [5.41, 5.74) is 8.15. The first-order valence-corrected chi connectivity index (χ1v) is 8.48. The molecule has 2 heterocycles. The standard InChI is InChI=1S/C16H12Cl2N4OS/c1-8-4-2-5-9(17)11(8)12-13(15(19)23)24-16(22-12)21-10-6-3-7-20-14(10)18/h2-7H,1H3,(H2,19,23)(H,21,22). The Morgan fingerprint density at radius 2 is 2.04 bits per heavy atom. The van der Waals surface area contributed by atoms with Crippen LogP contribution in [0, 0.1) is 6.92 Å². The molecule has 0 unspecified atom stereocenters. The Morgan fingerprint density at radius 3 is 2.71 bits per heavy atom. The molecular formula is C16H12Cl2N4OS. The Balaban J connectivity index is 2.09. The van der Waals surface area contributed by atoms with Gasteiger partial charge in [0, 0.05) is 11.8 Å². The third kappa shape index (κ3) is 3.21. The van der Waals surface area contributed by atoms with Crippen molar-refractivity contribution in [3.05, 3.63) is 57.1 Å². The van der Waals surface area contributed by atoms with Gasteiger partial charge in [-0.2, -0.15) is 0 Å². The number of hydrogen-bond acceptors (Lipinski definition) is 5. The summed E-state index contributed by atoms with van der Waals surface area (Å²) in [6.07, 6.45) is 1.59. The van der Waals surface area contributed by atoms with Crippen LogP contribution in [0.5, 0.6) is 0 Å². The fraction of sp³-hybridized carbons (Fsp3) is 0.0625. The van der Waals surface area contributed by atoms with E-state index in [0.29, 0.717) is 37.1 Å². The number of nitrogens with two attached hydrogens (primary N) is 1. The van der Waals surface area contributed by atoms with Gasteiger partial charge in [0.25, 0.3) is 5.91 Å². The first kappa shape index (κ1) is 16.7. The number of benzene rings is 1. The molecule has 1 amide bonds. The van der Waals surface area contributed by atoms with Crippen molar-refractivity contribution in [2.45, 2.75) is 6.92 Å². The molecule has 3 rings (SSSR count). The van der Waals surface area contributed by atoms with Gasteiger partial charge in [0.15, 0.2) is 10.3 Å². The van der Waals surface area contributed by atoms with Crippen molar-refractivity contribution < 1.29 is 4.79 Å². The van der Waals surface area contributed by atoms with Crippen LogP contribution in [-0.2, 0) is 0 Å². The molecule has 1 aromatic carbocycles. The maximum Gasteiger partial charge on any atom is 0.261 e. The van der Waals surface area contributed by atoms with Gasteiger partial charge >= 0.3 is 0 Å². The zero-order valence-electron chi connectivity index (χ0n) is 12.5. The summed E-state index contributed by atoms with van der Waals surface area (Å²) in [5, 5.41) is 4.36. The molecule has 8 heteroatoms. The second-order valence-electron chi connectivity index (χ2n) is 4.96. The number of halogens is 2. The zero-order chi connectivity index (χ0) is 17.3. The highest BCUT2D eigenvalue weighted by Gasteiger charge is 2.21. The minimum absolute atomic E-state index is 0.309. The molecule has 0 radical (unpaired) electrons. The first-order valence-electron chi connectivity index (χ1n) is 6.91. The average molecular weight is 379 g/mol. The number of thiazole rings is 1. The van der Waals surface area contributed by atoms with Gasteiger partial charge in [-0.1, -0.05) is 46.7 Å². The van der Waals surface area contributed by atoms with Crippen LogP contribution in [0.3, 0.4) is 0 Å². The summed E-state index contributed by atoms with van der Waals surface area (Å²) in [4.78, 5) is 20.6. The Labute approximate surface area is 152 Å². The Hall–Kier alpha value is -2.15. The smallest absolute Gasteiger partial charge is 0.261 e. The highest BCUT2D eigenvalue weighted by atomic mass is 35.5. The molecule has 122 valence electrons. The number of aromatic nitrogens is 2. The lowest BCUT2D eigenvalue weighted by atomic mass is 10.0. The Kier molecular flexibility index (Phi) is 4.71. The monoisotopic (exact) mass is 378 g/mol. The summed E-state index contributed by atoms with van der Waals surface area (Å²) in [6, 6.07) is 9.00. The molecule has 0 atom stereocenters. The number of carbonyl (C=O) groups excluding carboxylic acids is 1. The fourth-order valence-electron chi connectivity index (χ4n) is 2.24. The SMILES string of the molecule is Cc1cccc(Cl)c1-c1nc(Nc2cccnc2Cl)sc1C(N)=O. The number of hydrogen-bond donors (Lipinski definition) is 2. The zero-order valence-corrected chi connectivity index (χ0v) is 14.8. The van der Waals surface area contributed by atoms with Crippen molar-refractivity contribution in [1.29, 1.82) is 0 Å². The second kappa shape index (κ2) is 6.76. The Morgan fingerprint density at radius 1 is 1.25 bits per heavy atom. The molecule has 24 heavy (non-hydrogen) atoms. The molecule has 0 fully saturated rings. The molecule has 3 aromatic rings. The van der Waals surface area contributed by atoms with Crippen LogP contribution in [0.4, 0.5) is 10.8 Å². The topological polar surface area (TPSA) is 80.9 Å². The number of aryl methyl sites for hydroxylation is 1. The van der Waals surface area contributed by atoms with E-state index in [1.165, 1.54) is 0 Å². The van der Waals surface area contributed by atoms with Gasteiger partial charge < -0.3 is 11.1 Å². The number of rotatable bonds is 4. The van der Waals surface area contributed by atoms with E-state index < -0.39 is 5.91 Å². The summed E-state index contributed by atoms with van der Waals surface area (Å²) in [5.74, 6) is -0.563. The number of nitrogens with zero attached hydrogens (tertiary/aromatic N) is 2. The highest BCUT2D eigenvalue weighted by Crippen LogP contribution is 2.38. The normalized spacial score (nSPS) is 10.6. The molecule has 0 saturated heterocycles. The van der Waals surface area contributed by atoms with E-state index in [1.807, 2.05) is 19.1 Å². The molecular weight excluding hydrogens is 367 g/mol. The van der Waals surface area contributed by atoms with E-state index in [1.54, 1.807) is 24.4 Å². The highest BCUT2D eigenvalue weighted by molar-refractivity contribution is 7.18. The molecule has 0 bridgehead atoms. The van der Waals surface area contributed by atoms with E-state index in [9.17, 15) is 4.79 Å². The van der Waals surface area contributed by atoms with Gasteiger partial charge in [0.2, 0.25) is 0 Å². The van der Waals surface area contributed by atoms with Gasteiger partial charge in [-0.05, 0) is 30.7 Å². The second-order valence-corrected chi connectivity index (χ2v) is 6.72. The van der Waals surface area contributed by atoms with Gasteiger partial charge in [-0.3, -0.25) is 4.79 Å². The van der Waals surface area contributed by atoms with Crippen molar-refractivity contribution in [1.82, 2.24) is 9.97 Å². The van der Waals surface area contributed by atoms with Crippen LogP contribution in [0.15, 0.2) is 36.5 Å². The lowest BCUT2D eigenvalue weighted by Crippen LogP contribution is -2.10. The van der Waals surface area contributed by atoms with Gasteiger partial charge in [0.1, 0.15) is 4.88 Å². The minimum atomic E-state index is -0.563. The van der Waals surface area contributed by atoms with Crippen molar-refractivity contribution in [2.75, 3.05) is 5.32 Å². The lowest BCUT2D eigenvalue weighted by Gasteiger charge is -2.06. The number of anilines is 2. The average Bonchev–Trinajstić information content (AvgIpc) is 2.93. The van der Waals surface area contributed by atoms with E-state index in [0.717, 1.165) is 16.9 Å². The molecule has 2 aromatic heterocycles. The van der Waals surface area contributed by atoms with E-state index in [4.69, 9.17) is 28.9 Å². The molecule has 5 nitrogen and oxygen atoms in total. The number of pyridine rings is 1. The van der Waals surface area contributed by atoms with Crippen molar-refractivity contribution >= 4 is 51.3 Å². The number of nitrogens with one attached hydrogen (secondary N) is 1. The van der Waals surface area contributed by atoms with Crippen molar-refractivity contribution in [3.8, 4) is 11.3 Å². The first-order chi connectivity index (χ1) is 11.5. The molecule has 0 saturated carbocycles. The predicted octanol–water partition coefficient (Wildman–Crippen LogP) is 4.66.